The Labute approximate surface area is 201 Å². The minimum Gasteiger partial charge on any atom is -0.353 e. The monoisotopic (exact) mass is 470 g/mol. The van der Waals surface area contributed by atoms with Crippen molar-refractivity contribution in [3.8, 4) is 0 Å². The SMILES string of the molecule is CCN1C[C@H](C(=O)NC2CCCCCC2)CC2c3cccc4c3c(cn4CC)C[C@H]21.O=[N+]([O-])O. The zero-order chi connectivity index (χ0) is 24.2. The van der Waals surface area contributed by atoms with E-state index < -0.39 is 5.09 Å². The van der Waals surface area contributed by atoms with Crippen molar-refractivity contribution in [1.29, 1.82) is 0 Å². The number of aryl methyl sites for hydroxylation is 1. The number of likely N-dealkylation sites (tertiary alicyclic amines) is 1. The van der Waals surface area contributed by atoms with Crippen LogP contribution in [0.3, 0.4) is 0 Å². The number of amides is 1. The van der Waals surface area contributed by atoms with Gasteiger partial charge in [0.05, 0.1) is 5.92 Å². The van der Waals surface area contributed by atoms with Gasteiger partial charge in [-0.1, -0.05) is 44.7 Å². The van der Waals surface area contributed by atoms with E-state index in [1.165, 1.54) is 47.7 Å². The molecule has 0 radical (unpaired) electrons. The van der Waals surface area contributed by atoms with Gasteiger partial charge in [-0.15, -0.1) is 10.1 Å². The van der Waals surface area contributed by atoms with E-state index in [4.69, 9.17) is 15.3 Å². The molecule has 34 heavy (non-hydrogen) atoms. The number of aromatic nitrogens is 1. The Morgan fingerprint density at radius 3 is 2.53 bits per heavy atom. The van der Waals surface area contributed by atoms with Crippen LogP contribution in [0.25, 0.3) is 10.9 Å². The first-order chi connectivity index (χ1) is 16.4. The number of rotatable bonds is 4. The molecule has 8 nitrogen and oxygen atoms in total. The van der Waals surface area contributed by atoms with Gasteiger partial charge in [0.1, 0.15) is 0 Å². The van der Waals surface area contributed by atoms with E-state index in [2.05, 4.69) is 53.0 Å². The molecule has 1 aliphatic heterocycles. The molecular formula is C26H38N4O4. The first-order valence-corrected chi connectivity index (χ1v) is 12.9. The summed E-state index contributed by atoms with van der Waals surface area (Å²) in [7, 11) is 0. The van der Waals surface area contributed by atoms with Crippen molar-refractivity contribution < 1.29 is 15.1 Å². The van der Waals surface area contributed by atoms with Crippen molar-refractivity contribution in [3.05, 3.63) is 45.6 Å². The van der Waals surface area contributed by atoms with Gasteiger partial charge in [-0.2, -0.15) is 0 Å². The second kappa shape index (κ2) is 10.8. The highest BCUT2D eigenvalue weighted by atomic mass is 16.9. The maximum Gasteiger partial charge on any atom is 0.291 e. The Balaban J connectivity index is 0.000000636. The molecular weight excluding hydrogens is 432 g/mol. The summed E-state index contributed by atoms with van der Waals surface area (Å²) in [5.41, 5.74) is 4.36. The topological polar surface area (TPSA) is 101 Å². The van der Waals surface area contributed by atoms with Crippen molar-refractivity contribution in [2.24, 2.45) is 5.92 Å². The van der Waals surface area contributed by atoms with Gasteiger partial charge in [0.25, 0.3) is 5.09 Å². The van der Waals surface area contributed by atoms with Crippen molar-refractivity contribution in [3.63, 3.8) is 0 Å². The predicted molar refractivity (Wildman–Crippen MR) is 132 cm³/mol. The van der Waals surface area contributed by atoms with Gasteiger partial charge < -0.3 is 15.1 Å². The van der Waals surface area contributed by atoms with Crippen LogP contribution in [0.15, 0.2) is 24.4 Å². The summed E-state index contributed by atoms with van der Waals surface area (Å²) < 4.78 is 2.40. The highest BCUT2D eigenvalue weighted by molar-refractivity contribution is 5.89. The van der Waals surface area contributed by atoms with Gasteiger partial charge in [-0.3, -0.25) is 9.69 Å². The van der Waals surface area contributed by atoms with E-state index in [-0.39, 0.29) is 5.92 Å². The molecule has 0 spiro atoms. The Morgan fingerprint density at radius 2 is 1.88 bits per heavy atom. The lowest BCUT2D eigenvalue weighted by Gasteiger charge is -2.46. The van der Waals surface area contributed by atoms with Gasteiger partial charge >= 0.3 is 0 Å². The number of fused-ring (bicyclic) bond motifs is 2. The average Bonchev–Trinajstić information content (AvgIpc) is 2.99. The fourth-order valence-electron chi connectivity index (χ4n) is 6.53. The standard InChI is InChI=1S/C26H37N3O.HNO3/c1-3-28-16-18-15-24-22(21-12-9-13-23(28)25(18)21)14-19(17-29(24)4-2)26(30)27-20-10-7-5-6-8-11-20;2-1(3)4/h9,12-13,16,19-20,22,24H,3-8,10-11,14-15,17H2,1-2H3,(H,27,30);(H,2,3,4)/t19-,22?,24-;/m1./s1. The quantitative estimate of drug-likeness (QED) is 0.389. The zero-order valence-corrected chi connectivity index (χ0v) is 20.4. The van der Waals surface area contributed by atoms with Crippen LogP contribution in [0, 0.1) is 16.0 Å². The molecule has 3 atom stereocenters. The molecule has 1 amide bonds. The van der Waals surface area contributed by atoms with Crippen molar-refractivity contribution in [2.45, 2.75) is 89.8 Å². The Hall–Kier alpha value is -2.61. The number of piperidine rings is 1. The summed E-state index contributed by atoms with van der Waals surface area (Å²) in [4.78, 5) is 24.3. The van der Waals surface area contributed by atoms with Crippen LogP contribution in [0.1, 0.15) is 75.8 Å². The molecule has 1 aromatic carbocycles. The number of likely N-dealkylation sites (N-methyl/N-ethyl adjacent to an activating group) is 1. The summed E-state index contributed by atoms with van der Waals surface area (Å²) in [6, 6.07) is 7.75. The van der Waals surface area contributed by atoms with Gasteiger partial charge in [-0.25, -0.2) is 0 Å². The fraction of sp³-hybridized carbons (Fsp3) is 0.654. The van der Waals surface area contributed by atoms with E-state index in [0.29, 0.717) is 23.9 Å². The van der Waals surface area contributed by atoms with Crippen LogP contribution in [-0.2, 0) is 17.8 Å². The summed E-state index contributed by atoms with van der Waals surface area (Å²) in [6.07, 6.45) is 12.0. The van der Waals surface area contributed by atoms with Crippen LogP contribution in [-0.4, -0.2) is 50.8 Å². The second-order valence-corrected chi connectivity index (χ2v) is 10.0. The lowest BCUT2D eigenvalue weighted by atomic mass is 9.72. The molecule has 1 aromatic heterocycles. The Kier molecular flexibility index (Phi) is 7.76. The molecule has 2 fully saturated rings. The van der Waals surface area contributed by atoms with Crippen LogP contribution >= 0.6 is 0 Å². The molecule has 1 saturated carbocycles. The molecule has 8 heteroatoms. The summed E-state index contributed by atoms with van der Waals surface area (Å²) in [6.45, 7) is 7.44. The minimum absolute atomic E-state index is 0.111. The van der Waals surface area contributed by atoms with Crippen molar-refractivity contribution >= 4 is 16.8 Å². The van der Waals surface area contributed by atoms with Crippen LogP contribution < -0.4 is 5.32 Å². The second-order valence-electron chi connectivity index (χ2n) is 10.0. The molecule has 1 unspecified atom stereocenters. The van der Waals surface area contributed by atoms with Crippen LogP contribution in [0.2, 0.25) is 0 Å². The molecule has 2 aliphatic carbocycles. The molecule has 3 aliphatic rings. The first kappa shape index (κ1) is 24.5. The zero-order valence-electron chi connectivity index (χ0n) is 20.4. The van der Waals surface area contributed by atoms with E-state index in [1.54, 1.807) is 0 Å². The molecule has 2 heterocycles. The van der Waals surface area contributed by atoms with Crippen molar-refractivity contribution in [2.75, 3.05) is 13.1 Å². The van der Waals surface area contributed by atoms with Gasteiger partial charge in [0, 0.05) is 48.2 Å². The largest absolute Gasteiger partial charge is 0.353 e. The van der Waals surface area contributed by atoms with E-state index in [9.17, 15) is 4.79 Å². The number of nitrogens with one attached hydrogen (secondary N) is 1. The maximum atomic E-state index is 13.3. The van der Waals surface area contributed by atoms with Crippen LogP contribution in [0.5, 0.6) is 0 Å². The number of hydrogen-bond acceptors (Lipinski definition) is 4. The van der Waals surface area contributed by atoms with E-state index in [1.807, 2.05) is 0 Å². The summed E-state index contributed by atoms with van der Waals surface area (Å²) >= 11 is 0. The Bertz CT molecular complexity index is 1010. The summed E-state index contributed by atoms with van der Waals surface area (Å²) in [5.74, 6) is 0.884. The molecule has 1 saturated heterocycles. The number of carbonyl (C=O) groups excluding carboxylic acids is 1. The molecule has 186 valence electrons. The van der Waals surface area contributed by atoms with Gasteiger partial charge in [-0.05, 0) is 56.3 Å². The predicted octanol–water partition coefficient (Wildman–Crippen LogP) is 4.50. The lowest BCUT2D eigenvalue weighted by molar-refractivity contribution is -0.742. The maximum absolute atomic E-state index is 13.3. The average molecular weight is 471 g/mol. The third kappa shape index (κ3) is 5.06. The third-order valence-corrected chi connectivity index (χ3v) is 8.09. The molecule has 0 bridgehead atoms. The third-order valence-electron chi connectivity index (χ3n) is 8.09. The first-order valence-electron chi connectivity index (χ1n) is 12.9. The lowest BCUT2D eigenvalue weighted by Crippen LogP contribution is -2.53. The number of carbonyl (C=O) groups is 1. The van der Waals surface area contributed by atoms with Gasteiger partial charge in [0.2, 0.25) is 5.91 Å². The highest BCUT2D eigenvalue weighted by Crippen LogP contribution is 2.45. The molecule has 2 aromatic rings. The number of nitrogens with zero attached hydrogens (tertiary/aromatic N) is 3. The minimum atomic E-state index is -1.50. The summed E-state index contributed by atoms with van der Waals surface area (Å²) in [5, 5.41) is 18.6. The van der Waals surface area contributed by atoms with Gasteiger partial charge in [0.15, 0.2) is 0 Å². The van der Waals surface area contributed by atoms with E-state index >= 15 is 0 Å². The normalized spacial score (nSPS) is 25.1. The highest BCUT2D eigenvalue weighted by Gasteiger charge is 2.42. The molecule has 2 N–H and O–H groups in total. The van der Waals surface area contributed by atoms with E-state index in [0.717, 1.165) is 45.3 Å². The number of hydrogen-bond donors (Lipinski definition) is 2. The molecule has 5 rings (SSSR count). The Morgan fingerprint density at radius 1 is 1.18 bits per heavy atom. The fourth-order valence-corrected chi connectivity index (χ4v) is 6.53. The smallest absolute Gasteiger partial charge is 0.291 e. The number of benzene rings is 1. The van der Waals surface area contributed by atoms with Crippen molar-refractivity contribution in [1.82, 2.24) is 14.8 Å². The van der Waals surface area contributed by atoms with Crippen LogP contribution in [0.4, 0.5) is 0 Å².